The first-order chi connectivity index (χ1) is 8.65. The fraction of sp³-hybridized carbons (Fsp3) is 0.385. The van der Waals surface area contributed by atoms with E-state index in [-0.39, 0.29) is 19.0 Å². The molecule has 0 aliphatic carbocycles. The van der Waals surface area contributed by atoms with Gasteiger partial charge in [-0.25, -0.2) is 0 Å². The fourth-order valence-electron chi connectivity index (χ4n) is 1.63. The molecule has 0 radical (unpaired) electrons. The van der Waals surface area contributed by atoms with E-state index in [1.54, 1.807) is 19.1 Å². The van der Waals surface area contributed by atoms with Crippen molar-refractivity contribution in [2.75, 3.05) is 13.7 Å². The van der Waals surface area contributed by atoms with E-state index in [1.807, 2.05) is 6.07 Å². The molecule has 0 aliphatic rings. The summed E-state index contributed by atoms with van der Waals surface area (Å²) in [6.45, 7) is 1.76. The molecule has 18 heavy (non-hydrogen) atoms. The van der Waals surface area contributed by atoms with Gasteiger partial charge in [-0.2, -0.15) is 5.26 Å². The molecule has 0 bridgehead atoms. The van der Waals surface area contributed by atoms with Crippen molar-refractivity contribution in [2.24, 2.45) is 0 Å². The van der Waals surface area contributed by atoms with Crippen molar-refractivity contribution >= 4 is 5.97 Å². The first-order valence-electron chi connectivity index (χ1n) is 5.52. The van der Waals surface area contributed by atoms with Gasteiger partial charge in [0.1, 0.15) is 5.75 Å². The molecule has 1 aromatic carbocycles. The molecule has 0 fully saturated rings. The van der Waals surface area contributed by atoms with Crippen LogP contribution in [-0.2, 0) is 22.6 Å². The summed E-state index contributed by atoms with van der Waals surface area (Å²) in [5.41, 5.74) is 1.35. The van der Waals surface area contributed by atoms with Crippen molar-refractivity contribution in [3.05, 3.63) is 28.8 Å². The van der Waals surface area contributed by atoms with Crippen molar-refractivity contribution in [2.45, 2.75) is 20.0 Å². The summed E-state index contributed by atoms with van der Waals surface area (Å²) in [6.07, 6.45) is 0.0740. The van der Waals surface area contributed by atoms with Crippen LogP contribution in [0.2, 0.25) is 0 Å². The van der Waals surface area contributed by atoms with Gasteiger partial charge in [0.2, 0.25) is 0 Å². The summed E-state index contributed by atoms with van der Waals surface area (Å²) in [4.78, 5) is 11.4. The van der Waals surface area contributed by atoms with Crippen molar-refractivity contribution in [3.63, 3.8) is 0 Å². The molecule has 0 spiro atoms. The molecule has 0 saturated carbocycles. The minimum absolute atomic E-state index is 0.0740. The minimum Gasteiger partial charge on any atom is -0.496 e. The summed E-state index contributed by atoms with van der Waals surface area (Å²) in [5, 5.41) is 18.2. The Morgan fingerprint density at radius 2 is 2.22 bits per heavy atom. The zero-order valence-corrected chi connectivity index (χ0v) is 10.4. The number of aliphatic hydroxyl groups is 1. The molecule has 0 aliphatic heterocycles. The third kappa shape index (κ3) is 3.22. The number of methoxy groups -OCH3 is 1. The Morgan fingerprint density at radius 3 is 2.72 bits per heavy atom. The number of carbonyl (C=O) groups excluding carboxylic acids is 1. The molecule has 0 aromatic heterocycles. The second-order valence-corrected chi connectivity index (χ2v) is 3.58. The van der Waals surface area contributed by atoms with E-state index in [4.69, 9.17) is 14.7 Å². The van der Waals surface area contributed by atoms with Gasteiger partial charge in [-0.1, -0.05) is 0 Å². The van der Waals surface area contributed by atoms with Crippen LogP contribution in [0.25, 0.3) is 0 Å². The number of carbonyl (C=O) groups is 1. The number of nitrogens with zero attached hydrogens (tertiary/aromatic N) is 1. The van der Waals surface area contributed by atoms with Crippen LogP contribution in [0.5, 0.6) is 5.75 Å². The summed E-state index contributed by atoms with van der Waals surface area (Å²) in [6, 6.07) is 5.16. The predicted molar refractivity (Wildman–Crippen MR) is 64.0 cm³/mol. The number of nitriles is 1. The van der Waals surface area contributed by atoms with E-state index < -0.39 is 0 Å². The van der Waals surface area contributed by atoms with E-state index in [2.05, 4.69) is 0 Å². The van der Waals surface area contributed by atoms with Crippen molar-refractivity contribution in [1.29, 1.82) is 5.26 Å². The lowest BCUT2D eigenvalue weighted by Crippen LogP contribution is -2.08. The first-order valence-corrected chi connectivity index (χ1v) is 5.52. The first kappa shape index (κ1) is 14.0. The molecular formula is C13H15NO4. The van der Waals surface area contributed by atoms with Gasteiger partial charge >= 0.3 is 5.97 Å². The van der Waals surface area contributed by atoms with E-state index >= 15 is 0 Å². The molecule has 0 atom stereocenters. The van der Waals surface area contributed by atoms with E-state index in [9.17, 15) is 9.90 Å². The van der Waals surface area contributed by atoms with Crippen LogP contribution < -0.4 is 4.74 Å². The SMILES string of the molecule is CCOC(=O)Cc1cc(C#N)c(CO)c(OC)c1. The molecule has 1 aromatic rings. The molecule has 0 unspecified atom stereocenters. The van der Waals surface area contributed by atoms with Crippen LogP contribution >= 0.6 is 0 Å². The number of benzene rings is 1. The van der Waals surface area contributed by atoms with E-state index in [0.29, 0.717) is 29.0 Å². The Morgan fingerprint density at radius 1 is 1.50 bits per heavy atom. The normalized spacial score (nSPS) is 9.67. The molecule has 1 N–H and O–H groups in total. The highest BCUT2D eigenvalue weighted by Gasteiger charge is 2.13. The maximum atomic E-state index is 11.4. The Hall–Kier alpha value is -2.06. The lowest BCUT2D eigenvalue weighted by Gasteiger charge is -2.10. The molecule has 5 heteroatoms. The number of aliphatic hydroxyl groups excluding tert-OH is 1. The van der Waals surface area contributed by atoms with Crippen molar-refractivity contribution in [1.82, 2.24) is 0 Å². The summed E-state index contributed by atoms with van der Waals surface area (Å²) >= 11 is 0. The summed E-state index contributed by atoms with van der Waals surface area (Å²) in [7, 11) is 1.45. The largest absolute Gasteiger partial charge is 0.496 e. The van der Waals surface area contributed by atoms with Gasteiger partial charge in [0.15, 0.2) is 0 Å². The van der Waals surface area contributed by atoms with E-state index in [0.717, 1.165) is 0 Å². The highest BCUT2D eigenvalue weighted by Crippen LogP contribution is 2.25. The van der Waals surface area contributed by atoms with Crippen molar-refractivity contribution in [3.8, 4) is 11.8 Å². The van der Waals surface area contributed by atoms with Crippen LogP contribution in [-0.4, -0.2) is 24.8 Å². The van der Waals surface area contributed by atoms with Gasteiger partial charge in [-0.15, -0.1) is 0 Å². The second kappa shape index (κ2) is 6.62. The standard InChI is InChI=1S/C13H15NO4/c1-3-18-13(16)6-9-4-10(7-14)11(8-15)12(5-9)17-2/h4-5,15H,3,6,8H2,1-2H3. The predicted octanol–water partition coefficient (Wildman–Crippen LogP) is 1.16. The third-order valence-corrected chi connectivity index (χ3v) is 2.42. The molecule has 0 heterocycles. The zero-order chi connectivity index (χ0) is 13.5. The number of esters is 1. The monoisotopic (exact) mass is 249 g/mol. The summed E-state index contributed by atoms with van der Waals surface area (Å²) in [5.74, 6) is 0.0380. The lowest BCUT2D eigenvalue weighted by atomic mass is 10.0. The second-order valence-electron chi connectivity index (χ2n) is 3.58. The number of hydrogen-bond acceptors (Lipinski definition) is 5. The van der Waals surface area contributed by atoms with Crippen molar-refractivity contribution < 1.29 is 19.4 Å². The van der Waals surface area contributed by atoms with Crippen LogP contribution in [0.4, 0.5) is 0 Å². The van der Waals surface area contributed by atoms with Crippen LogP contribution in [0.1, 0.15) is 23.6 Å². The Balaban J connectivity index is 3.08. The average molecular weight is 249 g/mol. The molecular weight excluding hydrogens is 234 g/mol. The number of ether oxygens (including phenoxy) is 2. The lowest BCUT2D eigenvalue weighted by molar-refractivity contribution is -0.142. The van der Waals surface area contributed by atoms with Gasteiger partial charge in [0.25, 0.3) is 0 Å². The highest BCUT2D eigenvalue weighted by molar-refractivity contribution is 5.73. The topological polar surface area (TPSA) is 79.6 Å². The van der Waals surface area contributed by atoms with Gasteiger partial charge in [0, 0.05) is 5.56 Å². The molecule has 5 nitrogen and oxygen atoms in total. The molecule has 1 rings (SSSR count). The zero-order valence-electron chi connectivity index (χ0n) is 10.4. The Labute approximate surface area is 106 Å². The van der Waals surface area contributed by atoms with Gasteiger partial charge < -0.3 is 14.6 Å². The van der Waals surface area contributed by atoms with Crippen LogP contribution in [0, 0.1) is 11.3 Å². The van der Waals surface area contributed by atoms with E-state index in [1.165, 1.54) is 7.11 Å². The van der Waals surface area contributed by atoms with Gasteiger partial charge in [-0.3, -0.25) is 4.79 Å². The maximum absolute atomic E-state index is 11.4. The van der Waals surface area contributed by atoms with Crippen LogP contribution in [0.3, 0.4) is 0 Å². The Kier molecular flexibility index (Phi) is 5.15. The maximum Gasteiger partial charge on any atom is 0.310 e. The third-order valence-electron chi connectivity index (χ3n) is 2.42. The smallest absolute Gasteiger partial charge is 0.310 e. The molecule has 0 amide bonds. The molecule has 96 valence electrons. The fourth-order valence-corrected chi connectivity index (χ4v) is 1.63. The Bertz CT molecular complexity index is 477. The van der Waals surface area contributed by atoms with Crippen LogP contribution in [0.15, 0.2) is 12.1 Å². The molecule has 0 saturated heterocycles. The summed E-state index contributed by atoms with van der Waals surface area (Å²) < 4.78 is 9.94. The quantitative estimate of drug-likeness (QED) is 0.792. The van der Waals surface area contributed by atoms with Gasteiger partial charge in [0.05, 0.1) is 38.4 Å². The average Bonchev–Trinajstić information content (AvgIpc) is 2.37. The number of hydrogen-bond donors (Lipinski definition) is 1. The number of rotatable bonds is 5. The van der Waals surface area contributed by atoms with Gasteiger partial charge in [-0.05, 0) is 24.6 Å². The minimum atomic E-state index is -0.361. The highest BCUT2D eigenvalue weighted by atomic mass is 16.5.